The molecule has 28 heavy (non-hydrogen) atoms. The SMILES string of the molecule is CC1CCN(C(=O)CSc2nnc3c4c5c(sc4ncn23)C[C@@H](C)CC5)CC1. The largest absolute Gasteiger partial charge is 0.342 e. The fourth-order valence-corrected chi connectivity index (χ4v) is 6.45. The maximum absolute atomic E-state index is 12.6. The summed E-state index contributed by atoms with van der Waals surface area (Å²) < 4.78 is 1.96. The first kappa shape index (κ1) is 18.4. The molecule has 8 heteroatoms. The van der Waals surface area contributed by atoms with Crippen LogP contribution in [0.5, 0.6) is 0 Å². The second kappa shape index (κ2) is 7.30. The summed E-state index contributed by atoms with van der Waals surface area (Å²) >= 11 is 3.27. The minimum atomic E-state index is 0.199. The van der Waals surface area contributed by atoms with Crippen molar-refractivity contribution in [3.8, 4) is 0 Å². The third-order valence-corrected chi connectivity index (χ3v) is 8.22. The first-order valence-corrected chi connectivity index (χ1v) is 11.9. The van der Waals surface area contributed by atoms with E-state index in [-0.39, 0.29) is 5.91 Å². The number of aromatic nitrogens is 4. The first-order chi connectivity index (χ1) is 13.6. The Bertz CT molecular complexity index is 1030. The van der Waals surface area contributed by atoms with Crippen molar-refractivity contribution in [3.05, 3.63) is 16.8 Å². The van der Waals surface area contributed by atoms with Gasteiger partial charge in [0.15, 0.2) is 10.8 Å². The van der Waals surface area contributed by atoms with Crippen LogP contribution < -0.4 is 0 Å². The van der Waals surface area contributed by atoms with Gasteiger partial charge in [0.05, 0.1) is 11.1 Å². The Morgan fingerprint density at radius 1 is 1.21 bits per heavy atom. The molecule has 1 atom stereocenters. The van der Waals surface area contributed by atoms with E-state index in [2.05, 4.69) is 24.0 Å². The Morgan fingerprint density at radius 2 is 2.04 bits per heavy atom. The van der Waals surface area contributed by atoms with E-state index in [9.17, 15) is 4.79 Å². The molecule has 0 N–H and O–H groups in total. The van der Waals surface area contributed by atoms with Crippen molar-refractivity contribution in [1.82, 2.24) is 24.5 Å². The lowest BCUT2D eigenvalue weighted by atomic mass is 9.89. The van der Waals surface area contributed by atoms with E-state index in [0.29, 0.717) is 5.75 Å². The Hall–Kier alpha value is -1.67. The summed E-state index contributed by atoms with van der Waals surface area (Å²) in [6.07, 6.45) is 7.49. The zero-order chi connectivity index (χ0) is 19.3. The lowest BCUT2D eigenvalue weighted by Crippen LogP contribution is -2.38. The molecule has 2 aliphatic rings. The summed E-state index contributed by atoms with van der Waals surface area (Å²) in [6.45, 7) is 6.34. The van der Waals surface area contributed by atoms with Gasteiger partial charge in [0, 0.05) is 18.0 Å². The number of carbonyl (C=O) groups is 1. The normalized spacial score (nSPS) is 20.8. The van der Waals surface area contributed by atoms with Crippen LogP contribution in [0.4, 0.5) is 0 Å². The van der Waals surface area contributed by atoms with Gasteiger partial charge in [-0.15, -0.1) is 21.5 Å². The van der Waals surface area contributed by atoms with Crippen molar-refractivity contribution in [2.45, 2.75) is 51.1 Å². The molecule has 0 unspecified atom stereocenters. The van der Waals surface area contributed by atoms with Crippen LogP contribution in [0.2, 0.25) is 0 Å². The number of thiophene rings is 1. The fourth-order valence-electron chi connectivity index (χ4n) is 4.29. The second-order valence-electron chi connectivity index (χ2n) is 8.30. The number of rotatable bonds is 3. The minimum absolute atomic E-state index is 0.199. The van der Waals surface area contributed by atoms with E-state index >= 15 is 0 Å². The summed E-state index contributed by atoms with van der Waals surface area (Å²) in [4.78, 5) is 21.8. The first-order valence-electron chi connectivity index (χ1n) is 10.1. The molecule has 0 radical (unpaired) electrons. The molecule has 0 aromatic carbocycles. The van der Waals surface area contributed by atoms with E-state index in [0.717, 1.165) is 66.2 Å². The molecule has 0 saturated carbocycles. The third kappa shape index (κ3) is 3.20. The molecule has 1 fully saturated rings. The topological polar surface area (TPSA) is 63.4 Å². The molecular weight excluding hydrogens is 390 g/mol. The molecule has 4 heterocycles. The average Bonchev–Trinajstić information content (AvgIpc) is 3.26. The summed E-state index contributed by atoms with van der Waals surface area (Å²) in [5.74, 6) is 2.08. The van der Waals surface area contributed by atoms with Crippen LogP contribution in [-0.4, -0.2) is 49.2 Å². The number of hydrogen-bond acceptors (Lipinski definition) is 6. The van der Waals surface area contributed by atoms with E-state index in [1.165, 1.54) is 34.0 Å². The summed E-state index contributed by atoms with van der Waals surface area (Å²) in [5.41, 5.74) is 2.30. The number of fused-ring (bicyclic) bond motifs is 5. The number of thioether (sulfide) groups is 1. The molecule has 0 bridgehead atoms. The number of nitrogens with zero attached hydrogens (tertiary/aromatic N) is 5. The molecule has 1 amide bonds. The van der Waals surface area contributed by atoms with Crippen molar-refractivity contribution in [2.75, 3.05) is 18.8 Å². The highest BCUT2D eigenvalue weighted by atomic mass is 32.2. The van der Waals surface area contributed by atoms with Crippen molar-refractivity contribution in [1.29, 1.82) is 0 Å². The number of piperidine rings is 1. The number of likely N-dealkylation sites (tertiary alicyclic amines) is 1. The standard InChI is InChI=1S/C20H25N5OS2/c1-12-5-7-24(8-6-12)16(26)10-27-20-23-22-18-17-14-4-3-13(2)9-15(14)28-19(17)21-11-25(18)20/h11-13H,3-10H2,1-2H3/t13-/m0/s1. The predicted octanol–water partition coefficient (Wildman–Crippen LogP) is 3.81. The van der Waals surface area contributed by atoms with Crippen LogP contribution in [0.1, 0.15) is 43.6 Å². The lowest BCUT2D eigenvalue weighted by molar-refractivity contribution is -0.129. The fraction of sp³-hybridized carbons (Fsp3) is 0.600. The van der Waals surface area contributed by atoms with Gasteiger partial charge in [-0.1, -0.05) is 25.6 Å². The van der Waals surface area contributed by atoms with Crippen LogP contribution in [0.15, 0.2) is 11.5 Å². The van der Waals surface area contributed by atoms with Crippen LogP contribution in [0.25, 0.3) is 15.9 Å². The van der Waals surface area contributed by atoms with E-state index in [1.54, 1.807) is 11.3 Å². The van der Waals surface area contributed by atoms with Crippen molar-refractivity contribution in [2.24, 2.45) is 11.8 Å². The molecule has 1 aliphatic heterocycles. The molecular formula is C20H25N5OS2. The Labute approximate surface area is 172 Å². The Morgan fingerprint density at radius 3 is 2.86 bits per heavy atom. The zero-order valence-electron chi connectivity index (χ0n) is 16.3. The van der Waals surface area contributed by atoms with Crippen LogP contribution >= 0.6 is 23.1 Å². The van der Waals surface area contributed by atoms with Crippen LogP contribution in [-0.2, 0) is 17.6 Å². The molecule has 0 spiro atoms. The van der Waals surface area contributed by atoms with Gasteiger partial charge in [0.2, 0.25) is 5.91 Å². The van der Waals surface area contributed by atoms with Crippen molar-refractivity contribution in [3.63, 3.8) is 0 Å². The number of carbonyl (C=O) groups excluding carboxylic acids is 1. The van der Waals surface area contributed by atoms with Gasteiger partial charge in [-0.05, 0) is 49.5 Å². The van der Waals surface area contributed by atoms with Gasteiger partial charge in [-0.25, -0.2) is 4.98 Å². The van der Waals surface area contributed by atoms with E-state index in [4.69, 9.17) is 4.98 Å². The third-order valence-electron chi connectivity index (χ3n) is 6.13. The van der Waals surface area contributed by atoms with Gasteiger partial charge in [-0.3, -0.25) is 9.20 Å². The molecule has 3 aromatic heterocycles. The van der Waals surface area contributed by atoms with Gasteiger partial charge < -0.3 is 4.90 Å². The predicted molar refractivity (Wildman–Crippen MR) is 113 cm³/mol. The van der Waals surface area contributed by atoms with Gasteiger partial charge in [0.25, 0.3) is 0 Å². The highest BCUT2D eigenvalue weighted by molar-refractivity contribution is 7.99. The molecule has 148 valence electrons. The van der Waals surface area contributed by atoms with Gasteiger partial charge >= 0.3 is 0 Å². The molecule has 6 nitrogen and oxygen atoms in total. The number of aryl methyl sites for hydroxylation is 1. The number of hydrogen-bond donors (Lipinski definition) is 0. The average molecular weight is 416 g/mol. The second-order valence-corrected chi connectivity index (χ2v) is 10.3. The van der Waals surface area contributed by atoms with Gasteiger partial charge in [-0.2, -0.15) is 0 Å². The lowest BCUT2D eigenvalue weighted by Gasteiger charge is -2.30. The van der Waals surface area contributed by atoms with Crippen LogP contribution in [0, 0.1) is 11.8 Å². The molecule has 3 aromatic rings. The summed E-state index contributed by atoms with van der Waals surface area (Å²) in [5, 5.41) is 10.8. The summed E-state index contributed by atoms with van der Waals surface area (Å²) in [6, 6.07) is 0. The molecule has 5 rings (SSSR count). The smallest absolute Gasteiger partial charge is 0.233 e. The monoisotopic (exact) mass is 415 g/mol. The highest BCUT2D eigenvalue weighted by Gasteiger charge is 2.25. The Kier molecular flexibility index (Phi) is 4.79. The molecule has 1 saturated heterocycles. The number of amides is 1. The van der Waals surface area contributed by atoms with E-state index in [1.807, 2.05) is 15.6 Å². The maximum Gasteiger partial charge on any atom is 0.233 e. The van der Waals surface area contributed by atoms with Gasteiger partial charge in [0.1, 0.15) is 11.2 Å². The highest BCUT2D eigenvalue weighted by Crippen LogP contribution is 2.39. The minimum Gasteiger partial charge on any atom is -0.342 e. The van der Waals surface area contributed by atoms with Crippen molar-refractivity contribution < 1.29 is 4.79 Å². The molecule has 1 aliphatic carbocycles. The maximum atomic E-state index is 12.6. The van der Waals surface area contributed by atoms with Crippen molar-refractivity contribution >= 4 is 44.9 Å². The zero-order valence-corrected chi connectivity index (χ0v) is 18.0. The van der Waals surface area contributed by atoms with E-state index < -0.39 is 0 Å². The Balaban J connectivity index is 1.39. The van der Waals surface area contributed by atoms with Crippen LogP contribution in [0.3, 0.4) is 0 Å². The summed E-state index contributed by atoms with van der Waals surface area (Å²) in [7, 11) is 0. The quantitative estimate of drug-likeness (QED) is 0.609.